The Bertz CT molecular complexity index is 460. The van der Waals surface area contributed by atoms with Crippen LogP contribution in [0.5, 0.6) is 0 Å². The van der Waals surface area contributed by atoms with Crippen LogP contribution in [0.15, 0.2) is 30.3 Å². The highest BCUT2D eigenvalue weighted by molar-refractivity contribution is 5.87. The first-order valence-electron chi connectivity index (χ1n) is 7.21. The third kappa shape index (κ3) is 6.40. The number of hydrogen-bond acceptors (Lipinski definition) is 3. The zero-order valence-corrected chi connectivity index (χ0v) is 13.0. The minimum atomic E-state index is -0.629. The molecule has 2 amide bonds. The van der Waals surface area contributed by atoms with Crippen LogP contribution in [-0.4, -0.2) is 42.9 Å². The van der Waals surface area contributed by atoms with E-state index in [1.807, 2.05) is 44.2 Å². The first kappa shape index (κ1) is 17.2. The molecule has 0 heterocycles. The molecule has 1 atom stereocenters. The van der Waals surface area contributed by atoms with Crippen LogP contribution in [0.1, 0.15) is 19.4 Å². The average molecular weight is 291 g/mol. The van der Waals surface area contributed by atoms with Crippen molar-refractivity contribution in [3.63, 3.8) is 0 Å². The number of nitrogens with one attached hydrogen (secondary N) is 1. The lowest BCUT2D eigenvalue weighted by molar-refractivity contribution is -0.135. The number of benzene rings is 1. The van der Waals surface area contributed by atoms with Crippen LogP contribution in [-0.2, 0) is 16.0 Å². The highest BCUT2D eigenvalue weighted by atomic mass is 16.2. The summed E-state index contributed by atoms with van der Waals surface area (Å²) in [6.07, 6.45) is 0.470. The van der Waals surface area contributed by atoms with Crippen molar-refractivity contribution in [2.45, 2.75) is 26.3 Å². The molecule has 21 heavy (non-hydrogen) atoms. The predicted molar refractivity (Wildman–Crippen MR) is 83.6 cm³/mol. The number of hydrogen-bond donors (Lipinski definition) is 2. The van der Waals surface area contributed by atoms with Gasteiger partial charge in [-0.1, -0.05) is 44.2 Å². The van der Waals surface area contributed by atoms with E-state index in [0.29, 0.717) is 18.9 Å². The molecule has 1 aromatic rings. The maximum atomic E-state index is 12.1. The van der Waals surface area contributed by atoms with E-state index >= 15 is 0 Å². The van der Waals surface area contributed by atoms with Crippen LogP contribution in [0.2, 0.25) is 0 Å². The van der Waals surface area contributed by atoms with Crippen molar-refractivity contribution in [1.29, 1.82) is 0 Å². The van der Waals surface area contributed by atoms with E-state index in [2.05, 4.69) is 5.32 Å². The van der Waals surface area contributed by atoms with Gasteiger partial charge in [-0.05, 0) is 17.9 Å². The van der Waals surface area contributed by atoms with Gasteiger partial charge in [0.05, 0.1) is 12.6 Å². The van der Waals surface area contributed by atoms with Crippen molar-refractivity contribution in [3.8, 4) is 0 Å². The Hall–Kier alpha value is -1.88. The molecule has 0 aliphatic rings. The molecule has 0 aliphatic carbocycles. The average Bonchev–Trinajstić information content (AvgIpc) is 2.45. The second-order valence-electron chi connectivity index (χ2n) is 5.69. The van der Waals surface area contributed by atoms with Crippen LogP contribution in [0.4, 0.5) is 0 Å². The first-order chi connectivity index (χ1) is 9.90. The molecular weight excluding hydrogens is 266 g/mol. The Labute approximate surface area is 126 Å². The minimum absolute atomic E-state index is 0.0358. The summed E-state index contributed by atoms with van der Waals surface area (Å²) in [5.74, 6) is 0.000284. The second-order valence-corrected chi connectivity index (χ2v) is 5.69. The third-order valence-electron chi connectivity index (χ3n) is 3.08. The number of nitrogens with zero attached hydrogens (tertiary/aromatic N) is 1. The van der Waals surface area contributed by atoms with Gasteiger partial charge in [0.15, 0.2) is 0 Å². The molecule has 3 N–H and O–H groups in total. The summed E-state index contributed by atoms with van der Waals surface area (Å²) in [6.45, 7) is 4.68. The maximum Gasteiger partial charge on any atom is 0.240 e. The Balaban J connectivity index is 2.44. The van der Waals surface area contributed by atoms with Crippen molar-refractivity contribution in [2.24, 2.45) is 11.7 Å². The quantitative estimate of drug-likeness (QED) is 0.780. The molecule has 1 aromatic carbocycles. The minimum Gasteiger partial charge on any atom is -0.354 e. The van der Waals surface area contributed by atoms with Crippen LogP contribution >= 0.6 is 0 Å². The van der Waals surface area contributed by atoms with Crippen molar-refractivity contribution in [2.75, 3.05) is 20.1 Å². The van der Waals surface area contributed by atoms with E-state index in [1.54, 1.807) is 7.05 Å². The van der Waals surface area contributed by atoms with E-state index in [0.717, 1.165) is 5.56 Å². The van der Waals surface area contributed by atoms with Gasteiger partial charge in [0.2, 0.25) is 11.8 Å². The van der Waals surface area contributed by atoms with Crippen LogP contribution < -0.4 is 11.1 Å². The monoisotopic (exact) mass is 291 g/mol. The molecule has 0 fully saturated rings. The fourth-order valence-electron chi connectivity index (χ4n) is 1.91. The predicted octanol–water partition coefficient (Wildman–Crippen LogP) is 0.787. The van der Waals surface area contributed by atoms with Gasteiger partial charge in [0.25, 0.3) is 0 Å². The van der Waals surface area contributed by atoms with E-state index in [1.165, 1.54) is 4.90 Å². The van der Waals surface area contributed by atoms with E-state index in [9.17, 15) is 9.59 Å². The first-order valence-corrected chi connectivity index (χ1v) is 7.21. The van der Waals surface area contributed by atoms with E-state index in [4.69, 9.17) is 5.73 Å². The summed E-state index contributed by atoms with van der Waals surface area (Å²) in [5.41, 5.74) is 6.94. The zero-order chi connectivity index (χ0) is 15.8. The summed E-state index contributed by atoms with van der Waals surface area (Å²) in [4.78, 5) is 25.2. The van der Waals surface area contributed by atoms with Crippen molar-refractivity contribution >= 4 is 11.8 Å². The molecule has 0 aromatic heterocycles. The molecular formula is C16H25N3O2. The van der Waals surface area contributed by atoms with Gasteiger partial charge in [-0.15, -0.1) is 0 Å². The topological polar surface area (TPSA) is 75.4 Å². The summed E-state index contributed by atoms with van der Waals surface area (Å²) < 4.78 is 0. The largest absolute Gasteiger partial charge is 0.354 e. The Morgan fingerprint density at radius 2 is 1.86 bits per heavy atom. The number of carbonyl (C=O) groups is 2. The van der Waals surface area contributed by atoms with E-state index < -0.39 is 6.04 Å². The van der Waals surface area contributed by atoms with Gasteiger partial charge in [-0.25, -0.2) is 0 Å². The molecule has 0 saturated heterocycles. The molecule has 0 bridgehead atoms. The molecule has 0 spiro atoms. The van der Waals surface area contributed by atoms with Crippen molar-refractivity contribution < 1.29 is 9.59 Å². The summed E-state index contributed by atoms with van der Waals surface area (Å²) in [6, 6.07) is 8.98. The molecule has 1 rings (SSSR count). The maximum absolute atomic E-state index is 12.1. The number of carbonyl (C=O) groups excluding carboxylic acids is 2. The lowest BCUT2D eigenvalue weighted by atomic mass is 10.1. The molecule has 0 aliphatic heterocycles. The molecule has 0 saturated carbocycles. The normalized spacial score (nSPS) is 12.0. The molecule has 5 nitrogen and oxygen atoms in total. The highest BCUT2D eigenvalue weighted by Gasteiger charge is 2.20. The fraction of sp³-hybridized carbons (Fsp3) is 0.500. The Kier molecular flexibility index (Phi) is 6.88. The lowest BCUT2D eigenvalue weighted by Gasteiger charge is -2.21. The van der Waals surface area contributed by atoms with Gasteiger partial charge in [-0.2, -0.15) is 0 Å². The van der Waals surface area contributed by atoms with E-state index in [-0.39, 0.29) is 18.4 Å². The van der Waals surface area contributed by atoms with Crippen LogP contribution in [0, 0.1) is 5.92 Å². The smallest absolute Gasteiger partial charge is 0.240 e. The molecule has 0 unspecified atom stereocenters. The summed E-state index contributed by atoms with van der Waals surface area (Å²) in [7, 11) is 1.60. The van der Waals surface area contributed by atoms with Crippen LogP contribution in [0.3, 0.4) is 0 Å². The number of rotatable bonds is 7. The SMILES string of the molecule is CC(C)CNC(=O)CN(C)C(=O)[C@@H](N)Cc1ccccc1. The Morgan fingerprint density at radius 1 is 1.24 bits per heavy atom. The van der Waals surface area contributed by atoms with Gasteiger partial charge in [0.1, 0.15) is 0 Å². The number of amides is 2. The standard InChI is InChI=1S/C16H25N3O2/c1-12(2)10-18-15(20)11-19(3)16(21)14(17)9-13-7-5-4-6-8-13/h4-8,12,14H,9-11,17H2,1-3H3,(H,18,20)/t14-/m0/s1. The van der Waals surface area contributed by atoms with Gasteiger partial charge < -0.3 is 16.0 Å². The number of likely N-dealkylation sites (N-methyl/N-ethyl adjacent to an activating group) is 1. The summed E-state index contributed by atoms with van der Waals surface area (Å²) in [5, 5.41) is 2.78. The zero-order valence-electron chi connectivity index (χ0n) is 13.0. The molecule has 5 heteroatoms. The lowest BCUT2D eigenvalue weighted by Crippen LogP contribution is -2.47. The van der Waals surface area contributed by atoms with Gasteiger partial charge in [-0.3, -0.25) is 9.59 Å². The summed E-state index contributed by atoms with van der Waals surface area (Å²) >= 11 is 0. The molecule has 116 valence electrons. The highest BCUT2D eigenvalue weighted by Crippen LogP contribution is 2.03. The Morgan fingerprint density at radius 3 is 2.43 bits per heavy atom. The second kappa shape index (κ2) is 8.42. The number of nitrogens with two attached hydrogens (primary N) is 1. The third-order valence-corrected chi connectivity index (χ3v) is 3.08. The van der Waals surface area contributed by atoms with Gasteiger partial charge in [0, 0.05) is 13.6 Å². The molecule has 0 radical (unpaired) electrons. The van der Waals surface area contributed by atoms with Crippen molar-refractivity contribution in [3.05, 3.63) is 35.9 Å². The fourth-order valence-corrected chi connectivity index (χ4v) is 1.91. The van der Waals surface area contributed by atoms with Crippen LogP contribution in [0.25, 0.3) is 0 Å². The van der Waals surface area contributed by atoms with Crippen molar-refractivity contribution in [1.82, 2.24) is 10.2 Å². The van der Waals surface area contributed by atoms with Gasteiger partial charge >= 0.3 is 0 Å².